The largest absolute Gasteiger partial charge is 0.506 e. The lowest BCUT2D eigenvalue weighted by Gasteiger charge is -2.16. The Kier molecular flexibility index (Phi) is 28.2. The van der Waals surface area contributed by atoms with Crippen LogP contribution in [0.5, 0.6) is 0 Å². The SMILES string of the molecule is CCCCCC=CCC=CCCCCCCCC(CCCCCCCCC(C)CCCBr)OC(=O)O. The number of carbonyl (C=O) groups is 1. The van der Waals surface area contributed by atoms with Crippen molar-refractivity contribution < 1.29 is 14.6 Å². The Morgan fingerprint density at radius 3 is 1.69 bits per heavy atom. The molecular formula is C32H59BrO3. The zero-order valence-corrected chi connectivity index (χ0v) is 25.5. The maximum Gasteiger partial charge on any atom is 0.506 e. The van der Waals surface area contributed by atoms with Gasteiger partial charge in [0.25, 0.3) is 0 Å². The van der Waals surface area contributed by atoms with E-state index in [2.05, 4.69) is 54.1 Å². The summed E-state index contributed by atoms with van der Waals surface area (Å²) in [5.74, 6) is 0.852. The molecule has 4 heteroatoms. The highest BCUT2D eigenvalue weighted by Gasteiger charge is 2.13. The third-order valence-electron chi connectivity index (χ3n) is 7.05. The Morgan fingerprint density at radius 2 is 1.17 bits per heavy atom. The van der Waals surface area contributed by atoms with Gasteiger partial charge in [-0.05, 0) is 76.5 Å². The van der Waals surface area contributed by atoms with Gasteiger partial charge < -0.3 is 9.84 Å². The van der Waals surface area contributed by atoms with E-state index < -0.39 is 6.16 Å². The van der Waals surface area contributed by atoms with Crippen LogP contribution < -0.4 is 0 Å². The van der Waals surface area contributed by atoms with E-state index in [0.717, 1.165) is 43.4 Å². The number of hydrogen-bond donors (Lipinski definition) is 1. The molecule has 3 nitrogen and oxygen atoms in total. The molecule has 212 valence electrons. The van der Waals surface area contributed by atoms with Gasteiger partial charge in [-0.2, -0.15) is 0 Å². The fourth-order valence-electron chi connectivity index (χ4n) is 4.73. The molecule has 2 atom stereocenters. The van der Waals surface area contributed by atoms with Crippen molar-refractivity contribution in [2.75, 3.05) is 5.33 Å². The normalized spacial score (nSPS) is 13.5. The fraction of sp³-hybridized carbons (Fsp3) is 0.844. The Hall–Kier alpha value is -0.770. The molecule has 0 heterocycles. The number of rotatable bonds is 27. The first-order chi connectivity index (χ1) is 17.6. The lowest BCUT2D eigenvalue weighted by molar-refractivity contribution is 0.0422. The number of alkyl halides is 1. The minimum Gasteiger partial charge on any atom is -0.450 e. The molecular weight excluding hydrogens is 512 g/mol. The Balaban J connectivity index is 3.66. The maximum absolute atomic E-state index is 11.1. The molecule has 0 aliphatic heterocycles. The van der Waals surface area contributed by atoms with Crippen LogP contribution in [0.25, 0.3) is 0 Å². The molecule has 0 bridgehead atoms. The predicted octanol–water partition coefficient (Wildman–Crippen LogP) is 11.8. The van der Waals surface area contributed by atoms with Crippen molar-refractivity contribution in [1.82, 2.24) is 0 Å². The van der Waals surface area contributed by atoms with Gasteiger partial charge in [0.05, 0.1) is 0 Å². The van der Waals surface area contributed by atoms with Crippen molar-refractivity contribution in [1.29, 1.82) is 0 Å². The molecule has 0 spiro atoms. The van der Waals surface area contributed by atoms with E-state index in [-0.39, 0.29) is 6.10 Å². The standard InChI is InChI=1S/C32H59BrO3/c1-3-4-5-6-7-8-9-10-11-12-13-14-15-19-22-27-31(36-32(34)35)28-23-20-17-16-18-21-25-30(2)26-24-29-33/h7-8,10-11,30-31H,3-6,9,12-29H2,1-2H3,(H,34,35). The zero-order valence-electron chi connectivity index (χ0n) is 23.9. The third-order valence-corrected chi connectivity index (χ3v) is 7.61. The monoisotopic (exact) mass is 570 g/mol. The molecule has 0 fully saturated rings. The number of allylic oxidation sites excluding steroid dienone is 4. The number of halogens is 1. The Bertz CT molecular complexity index is 518. The van der Waals surface area contributed by atoms with Crippen molar-refractivity contribution in [2.45, 2.75) is 161 Å². The van der Waals surface area contributed by atoms with Crippen molar-refractivity contribution in [3.63, 3.8) is 0 Å². The molecule has 0 aromatic rings. The summed E-state index contributed by atoms with van der Waals surface area (Å²) in [6.07, 6.45) is 34.7. The second-order valence-electron chi connectivity index (χ2n) is 10.7. The number of ether oxygens (including phenoxy) is 1. The lowest BCUT2D eigenvalue weighted by Crippen LogP contribution is -2.16. The molecule has 1 N–H and O–H groups in total. The molecule has 0 radical (unpaired) electrons. The Labute approximate surface area is 233 Å². The highest BCUT2D eigenvalue weighted by molar-refractivity contribution is 9.09. The summed E-state index contributed by atoms with van der Waals surface area (Å²) in [4.78, 5) is 11.1. The van der Waals surface area contributed by atoms with Crippen LogP contribution in [-0.4, -0.2) is 22.7 Å². The van der Waals surface area contributed by atoms with Crippen molar-refractivity contribution in [3.8, 4) is 0 Å². The summed E-state index contributed by atoms with van der Waals surface area (Å²) in [6, 6.07) is 0. The van der Waals surface area contributed by atoms with Crippen molar-refractivity contribution >= 4 is 22.1 Å². The Morgan fingerprint density at radius 1 is 0.694 bits per heavy atom. The van der Waals surface area contributed by atoms with Gasteiger partial charge in [-0.1, -0.05) is 125 Å². The van der Waals surface area contributed by atoms with Crippen molar-refractivity contribution in [2.24, 2.45) is 5.92 Å². The maximum atomic E-state index is 11.1. The lowest BCUT2D eigenvalue weighted by atomic mass is 9.97. The van der Waals surface area contributed by atoms with E-state index in [4.69, 9.17) is 9.84 Å². The molecule has 0 aliphatic rings. The van der Waals surface area contributed by atoms with E-state index in [0.29, 0.717) is 0 Å². The van der Waals surface area contributed by atoms with E-state index in [9.17, 15) is 4.79 Å². The quantitative estimate of drug-likeness (QED) is 0.0462. The van der Waals surface area contributed by atoms with Crippen LogP contribution in [0.3, 0.4) is 0 Å². The molecule has 0 aliphatic carbocycles. The van der Waals surface area contributed by atoms with Gasteiger partial charge >= 0.3 is 6.16 Å². The van der Waals surface area contributed by atoms with Crippen LogP contribution in [-0.2, 0) is 4.74 Å². The second-order valence-corrected chi connectivity index (χ2v) is 11.5. The summed E-state index contributed by atoms with van der Waals surface area (Å²) < 4.78 is 5.17. The fourth-order valence-corrected chi connectivity index (χ4v) is 5.05. The van der Waals surface area contributed by atoms with Crippen LogP contribution in [0, 0.1) is 5.92 Å². The van der Waals surface area contributed by atoms with Crippen molar-refractivity contribution in [3.05, 3.63) is 24.3 Å². The minimum absolute atomic E-state index is 0.115. The first-order valence-electron chi connectivity index (χ1n) is 15.4. The van der Waals surface area contributed by atoms with Gasteiger partial charge in [-0.25, -0.2) is 4.79 Å². The first kappa shape index (κ1) is 35.2. The smallest absolute Gasteiger partial charge is 0.450 e. The summed E-state index contributed by atoms with van der Waals surface area (Å²) in [7, 11) is 0. The van der Waals surface area contributed by atoms with Gasteiger partial charge in [-0.15, -0.1) is 0 Å². The molecule has 0 saturated carbocycles. The van der Waals surface area contributed by atoms with Crippen LogP contribution in [0.1, 0.15) is 155 Å². The van der Waals surface area contributed by atoms with Gasteiger partial charge in [0.2, 0.25) is 0 Å². The summed E-state index contributed by atoms with van der Waals surface area (Å²) >= 11 is 3.52. The predicted molar refractivity (Wildman–Crippen MR) is 161 cm³/mol. The average Bonchev–Trinajstić information content (AvgIpc) is 2.86. The van der Waals surface area contributed by atoms with Crippen LogP contribution in [0.15, 0.2) is 24.3 Å². The summed E-state index contributed by atoms with van der Waals surface area (Å²) in [6.45, 7) is 4.62. The second kappa shape index (κ2) is 28.8. The molecule has 0 amide bonds. The van der Waals surface area contributed by atoms with E-state index in [1.54, 1.807) is 0 Å². The van der Waals surface area contributed by atoms with E-state index in [1.807, 2.05) is 0 Å². The summed E-state index contributed by atoms with van der Waals surface area (Å²) in [5.41, 5.74) is 0. The molecule has 0 saturated heterocycles. The van der Waals surface area contributed by atoms with Gasteiger partial charge in [0, 0.05) is 5.33 Å². The number of carboxylic acid groups (broad SMARTS) is 1. The molecule has 0 aromatic carbocycles. The first-order valence-corrected chi connectivity index (χ1v) is 16.5. The van der Waals surface area contributed by atoms with Crippen LogP contribution >= 0.6 is 15.9 Å². The van der Waals surface area contributed by atoms with E-state index >= 15 is 0 Å². The number of unbranched alkanes of at least 4 members (excludes halogenated alkanes) is 13. The van der Waals surface area contributed by atoms with Gasteiger partial charge in [0.1, 0.15) is 6.10 Å². The molecule has 0 rings (SSSR count). The highest BCUT2D eigenvalue weighted by Crippen LogP contribution is 2.19. The molecule has 0 aromatic heterocycles. The van der Waals surface area contributed by atoms with Gasteiger partial charge in [-0.3, -0.25) is 0 Å². The van der Waals surface area contributed by atoms with Crippen LogP contribution in [0.4, 0.5) is 4.79 Å². The highest BCUT2D eigenvalue weighted by atomic mass is 79.9. The third kappa shape index (κ3) is 27.8. The van der Waals surface area contributed by atoms with E-state index in [1.165, 1.54) is 109 Å². The molecule has 2 unspecified atom stereocenters. The van der Waals surface area contributed by atoms with Gasteiger partial charge in [0.15, 0.2) is 0 Å². The van der Waals surface area contributed by atoms with Crippen LogP contribution in [0.2, 0.25) is 0 Å². The topological polar surface area (TPSA) is 46.5 Å². The zero-order chi connectivity index (χ0) is 26.5. The summed E-state index contributed by atoms with van der Waals surface area (Å²) in [5, 5.41) is 10.2. The average molecular weight is 572 g/mol. The minimum atomic E-state index is -1.11. The molecule has 36 heavy (non-hydrogen) atoms. The number of hydrogen-bond acceptors (Lipinski definition) is 2.